The lowest BCUT2D eigenvalue weighted by Gasteiger charge is -2.49. The van der Waals surface area contributed by atoms with Gasteiger partial charge in [-0.1, -0.05) is 96.3 Å². The first-order valence-corrected chi connectivity index (χ1v) is 11.5. The van der Waals surface area contributed by atoms with Crippen molar-refractivity contribution in [3.8, 4) is 11.1 Å². The van der Waals surface area contributed by atoms with Crippen LogP contribution in [0.15, 0.2) is 60.7 Å². The SMILES string of the molecule is CC1(C)CC(=O)CC(C)(C)P1c1ccccc1-c1ccc2ccccc2c1C=O. The van der Waals surface area contributed by atoms with Crippen molar-refractivity contribution in [3.05, 3.63) is 66.2 Å². The maximum Gasteiger partial charge on any atom is 0.151 e. The van der Waals surface area contributed by atoms with E-state index >= 15 is 0 Å². The standard InChI is InChI=1S/C26H27O2P/c1-25(2)15-19(28)16-26(3,4)29(25)24-12-8-7-11-22(24)21-14-13-18-9-5-6-10-20(18)23(21)17-27/h5-14,17H,15-16H2,1-4H3. The lowest BCUT2D eigenvalue weighted by molar-refractivity contribution is -0.120. The Morgan fingerprint density at radius 2 is 1.41 bits per heavy atom. The summed E-state index contributed by atoms with van der Waals surface area (Å²) in [4.78, 5) is 24.6. The molecular weight excluding hydrogens is 375 g/mol. The van der Waals surface area contributed by atoms with Crippen LogP contribution in [0.4, 0.5) is 0 Å². The summed E-state index contributed by atoms with van der Waals surface area (Å²) < 4.78 is 0. The number of ketones is 1. The van der Waals surface area contributed by atoms with Crippen LogP contribution in [0.25, 0.3) is 21.9 Å². The van der Waals surface area contributed by atoms with E-state index in [0.29, 0.717) is 18.6 Å². The van der Waals surface area contributed by atoms with E-state index in [1.807, 2.05) is 30.3 Å². The average molecular weight is 402 g/mol. The highest BCUT2D eigenvalue weighted by atomic mass is 31.1. The first-order chi connectivity index (χ1) is 13.7. The minimum atomic E-state index is -0.622. The van der Waals surface area contributed by atoms with E-state index in [1.54, 1.807) is 0 Å². The number of rotatable bonds is 3. The lowest BCUT2D eigenvalue weighted by Crippen LogP contribution is -2.43. The van der Waals surface area contributed by atoms with Gasteiger partial charge in [0.15, 0.2) is 6.29 Å². The Hall–Kier alpha value is -2.31. The second kappa shape index (κ2) is 7.18. The molecule has 2 nitrogen and oxygen atoms in total. The van der Waals surface area contributed by atoms with Gasteiger partial charge in [-0.05, 0) is 37.5 Å². The van der Waals surface area contributed by atoms with Crippen molar-refractivity contribution >= 4 is 36.1 Å². The monoisotopic (exact) mass is 402 g/mol. The molecule has 0 unspecified atom stereocenters. The number of fused-ring (bicyclic) bond motifs is 1. The molecule has 3 heteroatoms. The molecule has 1 aliphatic heterocycles. The zero-order chi connectivity index (χ0) is 20.8. The summed E-state index contributed by atoms with van der Waals surface area (Å²) in [5, 5.41) is 3.19. The van der Waals surface area contributed by atoms with Gasteiger partial charge in [-0.15, -0.1) is 0 Å². The first-order valence-electron chi connectivity index (χ1n) is 10.1. The third-order valence-electron chi connectivity index (χ3n) is 5.99. The Morgan fingerprint density at radius 1 is 0.793 bits per heavy atom. The molecule has 29 heavy (non-hydrogen) atoms. The molecule has 0 aliphatic carbocycles. The first kappa shape index (κ1) is 20.0. The van der Waals surface area contributed by atoms with Crippen LogP contribution < -0.4 is 5.30 Å². The Bertz CT molecular complexity index is 1090. The summed E-state index contributed by atoms with van der Waals surface area (Å²) in [5.74, 6) is 0.357. The van der Waals surface area contributed by atoms with Gasteiger partial charge < -0.3 is 0 Å². The van der Waals surface area contributed by atoms with Crippen LogP contribution in [-0.4, -0.2) is 22.4 Å². The fourth-order valence-corrected chi connectivity index (χ4v) is 9.49. The van der Waals surface area contributed by atoms with Gasteiger partial charge >= 0.3 is 0 Å². The van der Waals surface area contributed by atoms with Gasteiger partial charge in [0.25, 0.3) is 0 Å². The van der Waals surface area contributed by atoms with Crippen molar-refractivity contribution in [1.82, 2.24) is 0 Å². The molecule has 1 fully saturated rings. The molecule has 4 rings (SSSR count). The number of hydrogen-bond acceptors (Lipinski definition) is 2. The van der Waals surface area contributed by atoms with Crippen molar-refractivity contribution < 1.29 is 9.59 Å². The molecule has 0 radical (unpaired) electrons. The van der Waals surface area contributed by atoms with Crippen molar-refractivity contribution in [1.29, 1.82) is 0 Å². The summed E-state index contributed by atoms with van der Waals surface area (Å²) in [6.07, 6.45) is 2.23. The molecule has 0 bridgehead atoms. The summed E-state index contributed by atoms with van der Waals surface area (Å²) in [6, 6.07) is 20.7. The van der Waals surface area contributed by atoms with Crippen molar-refractivity contribution in [2.75, 3.05) is 0 Å². The van der Waals surface area contributed by atoms with E-state index in [2.05, 4.69) is 58.0 Å². The Labute approximate surface area is 174 Å². The van der Waals surface area contributed by atoms with Crippen molar-refractivity contribution in [3.63, 3.8) is 0 Å². The Balaban J connectivity index is 1.97. The fraction of sp³-hybridized carbons (Fsp3) is 0.308. The Kier molecular flexibility index (Phi) is 4.95. The Morgan fingerprint density at radius 3 is 2.10 bits per heavy atom. The van der Waals surface area contributed by atoms with E-state index < -0.39 is 7.92 Å². The molecule has 0 aromatic heterocycles. The molecule has 0 saturated carbocycles. The predicted octanol–water partition coefficient (Wildman–Crippen LogP) is 6.35. The van der Waals surface area contributed by atoms with Crippen LogP contribution in [0.3, 0.4) is 0 Å². The van der Waals surface area contributed by atoms with Gasteiger partial charge in [0.2, 0.25) is 0 Å². The van der Waals surface area contributed by atoms with Gasteiger partial charge in [0.1, 0.15) is 5.78 Å². The fourth-order valence-electron chi connectivity index (χ4n) is 5.21. The van der Waals surface area contributed by atoms with E-state index in [9.17, 15) is 9.59 Å². The van der Waals surface area contributed by atoms with Crippen LogP contribution in [0.1, 0.15) is 50.9 Å². The number of Topliss-reactive ketones (excluding diaryl/α,β-unsaturated/α-hetero) is 1. The molecule has 148 valence electrons. The van der Waals surface area contributed by atoms with Gasteiger partial charge in [0.05, 0.1) is 0 Å². The van der Waals surface area contributed by atoms with E-state index in [1.165, 1.54) is 5.30 Å². The van der Waals surface area contributed by atoms with Crippen molar-refractivity contribution in [2.24, 2.45) is 0 Å². The van der Waals surface area contributed by atoms with Crippen molar-refractivity contribution in [2.45, 2.75) is 50.8 Å². The zero-order valence-electron chi connectivity index (χ0n) is 17.5. The normalized spacial score (nSPS) is 18.7. The number of carbonyl (C=O) groups is 2. The van der Waals surface area contributed by atoms with Crippen LogP contribution in [0, 0.1) is 0 Å². The average Bonchev–Trinajstić information content (AvgIpc) is 2.65. The predicted molar refractivity (Wildman–Crippen MR) is 124 cm³/mol. The molecule has 3 aromatic rings. The molecule has 0 N–H and O–H groups in total. The minimum absolute atomic E-state index is 0.0809. The van der Waals surface area contributed by atoms with Crippen LogP contribution in [0.5, 0.6) is 0 Å². The summed E-state index contributed by atoms with van der Waals surface area (Å²) in [6.45, 7) is 8.93. The third-order valence-corrected chi connectivity index (χ3v) is 9.60. The maximum absolute atomic E-state index is 12.4. The second-order valence-corrected chi connectivity index (χ2v) is 12.8. The zero-order valence-corrected chi connectivity index (χ0v) is 18.4. The smallest absolute Gasteiger partial charge is 0.151 e. The largest absolute Gasteiger partial charge is 0.300 e. The van der Waals surface area contributed by atoms with Crippen LogP contribution in [0.2, 0.25) is 0 Å². The number of carbonyl (C=O) groups excluding carboxylic acids is 2. The molecule has 0 spiro atoms. The quantitative estimate of drug-likeness (QED) is 0.378. The van der Waals surface area contributed by atoms with Crippen LogP contribution in [-0.2, 0) is 4.79 Å². The summed E-state index contributed by atoms with van der Waals surface area (Å²) in [5.41, 5.74) is 2.86. The lowest BCUT2D eigenvalue weighted by atomic mass is 9.94. The third kappa shape index (κ3) is 3.45. The molecular formula is C26H27O2P. The van der Waals surface area contributed by atoms with Gasteiger partial charge in [-0.2, -0.15) is 0 Å². The molecule has 1 heterocycles. The summed E-state index contributed by atoms with van der Waals surface area (Å²) in [7, 11) is -0.622. The van der Waals surface area contributed by atoms with Gasteiger partial charge in [-0.3, -0.25) is 9.59 Å². The van der Waals surface area contributed by atoms with E-state index in [4.69, 9.17) is 0 Å². The van der Waals surface area contributed by atoms with Gasteiger partial charge in [0, 0.05) is 18.4 Å². The highest BCUT2D eigenvalue weighted by molar-refractivity contribution is 7.69. The topological polar surface area (TPSA) is 34.1 Å². The summed E-state index contributed by atoms with van der Waals surface area (Å²) >= 11 is 0. The molecule has 0 amide bonds. The number of benzene rings is 3. The van der Waals surface area contributed by atoms with Crippen LogP contribution >= 0.6 is 7.92 Å². The maximum atomic E-state index is 12.4. The molecule has 1 saturated heterocycles. The molecule has 0 atom stereocenters. The number of hydrogen-bond donors (Lipinski definition) is 0. The molecule has 3 aromatic carbocycles. The van der Waals surface area contributed by atoms with E-state index in [-0.39, 0.29) is 10.3 Å². The highest BCUT2D eigenvalue weighted by Crippen LogP contribution is 2.65. The molecule has 1 aliphatic rings. The van der Waals surface area contributed by atoms with E-state index in [0.717, 1.165) is 33.7 Å². The van der Waals surface area contributed by atoms with Gasteiger partial charge in [-0.25, -0.2) is 0 Å². The number of aldehydes is 1. The second-order valence-electron chi connectivity index (χ2n) is 9.24. The minimum Gasteiger partial charge on any atom is -0.300 e. The highest BCUT2D eigenvalue weighted by Gasteiger charge is 2.48.